The zero-order valence-corrected chi connectivity index (χ0v) is 9.22. The summed E-state index contributed by atoms with van der Waals surface area (Å²) in [4.78, 5) is 15.1. The van der Waals surface area contributed by atoms with Crippen LogP contribution in [0.4, 0.5) is 9.80 Å². The summed E-state index contributed by atoms with van der Waals surface area (Å²) in [5, 5.41) is 4.52. The normalized spacial score (nSPS) is 10.3. The Bertz CT molecular complexity index is 507. The van der Waals surface area contributed by atoms with Crippen molar-refractivity contribution in [2.45, 2.75) is 6.92 Å². The molecule has 0 aliphatic heterocycles. The number of thiophene rings is 1. The van der Waals surface area contributed by atoms with Gasteiger partial charge in [0.2, 0.25) is 0 Å². The SMILES string of the molecule is COC(=O)Nc1cc2c(C)cncc2s1. The second-order valence-corrected chi connectivity index (χ2v) is 4.18. The topological polar surface area (TPSA) is 51.2 Å². The number of fused-ring (bicyclic) bond motifs is 1. The molecule has 0 saturated carbocycles. The molecule has 0 saturated heterocycles. The van der Waals surface area contributed by atoms with Crippen molar-refractivity contribution in [3.63, 3.8) is 0 Å². The van der Waals surface area contributed by atoms with E-state index in [-0.39, 0.29) is 0 Å². The van der Waals surface area contributed by atoms with Crippen molar-refractivity contribution < 1.29 is 9.53 Å². The minimum Gasteiger partial charge on any atom is -0.453 e. The Hall–Kier alpha value is -1.62. The molecule has 4 nitrogen and oxygen atoms in total. The Morgan fingerprint density at radius 3 is 3.00 bits per heavy atom. The van der Waals surface area contributed by atoms with Gasteiger partial charge in [0.15, 0.2) is 0 Å². The summed E-state index contributed by atoms with van der Waals surface area (Å²) in [6, 6.07) is 1.92. The van der Waals surface area contributed by atoms with E-state index in [0.29, 0.717) is 0 Å². The van der Waals surface area contributed by atoms with Gasteiger partial charge in [-0.2, -0.15) is 0 Å². The van der Waals surface area contributed by atoms with Crippen molar-refractivity contribution >= 4 is 32.5 Å². The zero-order valence-electron chi connectivity index (χ0n) is 8.40. The van der Waals surface area contributed by atoms with E-state index in [9.17, 15) is 4.79 Å². The maximum absolute atomic E-state index is 11.0. The number of aromatic nitrogens is 1. The van der Waals surface area contributed by atoms with E-state index in [0.717, 1.165) is 20.7 Å². The van der Waals surface area contributed by atoms with Crippen LogP contribution < -0.4 is 5.32 Å². The Morgan fingerprint density at radius 1 is 1.53 bits per heavy atom. The number of pyridine rings is 1. The Balaban J connectivity index is 2.39. The fourth-order valence-electron chi connectivity index (χ4n) is 1.31. The highest BCUT2D eigenvalue weighted by molar-refractivity contribution is 7.22. The van der Waals surface area contributed by atoms with Crippen LogP contribution in [-0.2, 0) is 4.74 Å². The van der Waals surface area contributed by atoms with Gasteiger partial charge in [-0.3, -0.25) is 10.3 Å². The lowest BCUT2D eigenvalue weighted by Crippen LogP contribution is -2.09. The highest BCUT2D eigenvalue weighted by Gasteiger charge is 2.06. The molecule has 1 amide bonds. The van der Waals surface area contributed by atoms with Gasteiger partial charge < -0.3 is 4.74 Å². The number of carbonyl (C=O) groups excluding carboxylic acids is 1. The Kier molecular flexibility index (Phi) is 2.55. The number of anilines is 1. The molecule has 15 heavy (non-hydrogen) atoms. The maximum atomic E-state index is 11.0. The van der Waals surface area contributed by atoms with Crippen LogP contribution in [0.2, 0.25) is 0 Å². The molecular formula is C10H10N2O2S. The van der Waals surface area contributed by atoms with Gasteiger partial charge in [-0.15, -0.1) is 11.3 Å². The second kappa shape index (κ2) is 3.86. The molecule has 0 fully saturated rings. The molecule has 2 heterocycles. The van der Waals surface area contributed by atoms with E-state index in [4.69, 9.17) is 0 Å². The molecule has 2 aromatic heterocycles. The third-order valence-corrected chi connectivity index (χ3v) is 3.04. The van der Waals surface area contributed by atoms with E-state index in [1.165, 1.54) is 18.4 Å². The Labute approximate surface area is 90.9 Å². The molecule has 2 rings (SSSR count). The molecule has 0 unspecified atom stereocenters. The Morgan fingerprint density at radius 2 is 2.33 bits per heavy atom. The van der Waals surface area contributed by atoms with Gasteiger partial charge in [0, 0.05) is 17.8 Å². The summed E-state index contributed by atoms with van der Waals surface area (Å²) in [6.45, 7) is 1.99. The molecular weight excluding hydrogens is 212 g/mol. The van der Waals surface area contributed by atoms with Crippen molar-refractivity contribution in [2.24, 2.45) is 0 Å². The number of aryl methyl sites for hydroxylation is 1. The number of hydrogen-bond acceptors (Lipinski definition) is 4. The van der Waals surface area contributed by atoms with Crippen LogP contribution in [0.5, 0.6) is 0 Å². The zero-order chi connectivity index (χ0) is 10.8. The van der Waals surface area contributed by atoms with Crippen LogP contribution in [0.25, 0.3) is 10.1 Å². The van der Waals surface area contributed by atoms with E-state index in [2.05, 4.69) is 15.0 Å². The monoisotopic (exact) mass is 222 g/mol. The van der Waals surface area contributed by atoms with Crippen LogP contribution in [0.1, 0.15) is 5.56 Å². The third-order valence-electron chi connectivity index (χ3n) is 2.06. The molecule has 78 valence electrons. The van der Waals surface area contributed by atoms with E-state index >= 15 is 0 Å². The molecule has 0 aliphatic carbocycles. The number of rotatable bonds is 1. The fourth-order valence-corrected chi connectivity index (χ4v) is 2.30. The van der Waals surface area contributed by atoms with Crippen molar-refractivity contribution in [2.75, 3.05) is 12.4 Å². The quantitative estimate of drug-likeness (QED) is 0.807. The molecule has 5 heteroatoms. The first-order valence-corrected chi connectivity index (χ1v) is 5.21. The van der Waals surface area contributed by atoms with Gasteiger partial charge in [0.1, 0.15) is 0 Å². The highest BCUT2D eigenvalue weighted by Crippen LogP contribution is 2.30. The standard InChI is InChI=1S/C10H10N2O2S/c1-6-4-11-5-8-7(6)3-9(15-8)12-10(13)14-2/h3-5H,1-2H3,(H,12,13). The van der Waals surface area contributed by atoms with E-state index < -0.39 is 6.09 Å². The van der Waals surface area contributed by atoms with Crippen molar-refractivity contribution in [3.8, 4) is 0 Å². The van der Waals surface area contributed by atoms with Gasteiger partial charge in [-0.25, -0.2) is 4.79 Å². The number of ether oxygens (including phenoxy) is 1. The second-order valence-electron chi connectivity index (χ2n) is 3.10. The van der Waals surface area contributed by atoms with Gasteiger partial charge >= 0.3 is 6.09 Å². The molecule has 0 aromatic carbocycles. The number of nitrogens with zero attached hydrogens (tertiary/aromatic N) is 1. The number of methoxy groups -OCH3 is 1. The van der Waals surface area contributed by atoms with Gasteiger partial charge in [-0.05, 0) is 18.6 Å². The first-order chi connectivity index (χ1) is 7.20. The minimum atomic E-state index is -0.452. The van der Waals surface area contributed by atoms with Crippen molar-refractivity contribution in [1.82, 2.24) is 4.98 Å². The molecule has 0 atom stereocenters. The van der Waals surface area contributed by atoms with Crippen LogP contribution in [0, 0.1) is 6.92 Å². The molecule has 0 bridgehead atoms. The van der Waals surface area contributed by atoms with Crippen LogP contribution in [0.15, 0.2) is 18.5 Å². The predicted octanol–water partition coefficient (Wildman–Crippen LogP) is 2.78. The first-order valence-electron chi connectivity index (χ1n) is 4.40. The van der Waals surface area contributed by atoms with Crippen molar-refractivity contribution in [1.29, 1.82) is 0 Å². The highest BCUT2D eigenvalue weighted by atomic mass is 32.1. The average Bonchev–Trinajstić information content (AvgIpc) is 2.62. The summed E-state index contributed by atoms with van der Waals surface area (Å²) in [5.74, 6) is 0. The van der Waals surface area contributed by atoms with Gasteiger partial charge in [0.05, 0.1) is 16.8 Å². The van der Waals surface area contributed by atoms with Crippen LogP contribution in [-0.4, -0.2) is 18.2 Å². The summed E-state index contributed by atoms with van der Waals surface area (Å²) in [7, 11) is 1.34. The first kappa shape index (κ1) is 9.92. The average molecular weight is 222 g/mol. The molecule has 0 aliphatic rings. The lowest BCUT2D eigenvalue weighted by Gasteiger charge is -1.97. The van der Waals surface area contributed by atoms with Crippen LogP contribution in [0.3, 0.4) is 0 Å². The molecule has 2 aromatic rings. The molecule has 0 radical (unpaired) electrons. The number of nitrogens with one attached hydrogen (secondary N) is 1. The molecule has 0 spiro atoms. The summed E-state index contributed by atoms with van der Waals surface area (Å²) in [5.41, 5.74) is 1.10. The van der Waals surface area contributed by atoms with Gasteiger partial charge in [-0.1, -0.05) is 0 Å². The largest absolute Gasteiger partial charge is 0.453 e. The predicted molar refractivity (Wildman–Crippen MR) is 60.4 cm³/mol. The fraction of sp³-hybridized carbons (Fsp3) is 0.200. The van der Waals surface area contributed by atoms with E-state index in [1.807, 2.05) is 13.0 Å². The maximum Gasteiger partial charge on any atom is 0.411 e. The number of carbonyl (C=O) groups is 1. The molecule has 1 N–H and O–H groups in total. The lowest BCUT2D eigenvalue weighted by atomic mass is 10.2. The lowest BCUT2D eigenvalue weighted by molar-refractivity contribution is 0.187. The van der Waals surface area contributed by atoms with Crippen LogP contribution >= 0.6 is 11.3 Å². The van der Waals surface area contributed by atoms with Gasteiger partial charge in [0.25, 0.3) is 0 Å². The minimum absolute atomic E-state index is 0.452. The number of hydrogen-bond donors (Lipinski definition) is 1. The summed E-state index contributed by atoms with van der Waals surface area (Å²) >= 11 is 1.48. The van der Waals surface area contributed by atoms with Crippen molar-refractivity contribution in [3.05, 3.63) is 24.0 Å². The number of amides is 1. The smallest absolute Gasteiger partial charge is 0.411 e. The third kappa shape index (κ3) is 1.92. The summed E-state index contributed by atoms with van der Waals surface area (Å²) in [6.07, 6.45) is 3.14. The van der Waals surface area contributed by atoms with E-state index in [1.54, 1.807) is 12.4 Å². The summed E-state index contributed by atoms with van der Waals surface area (Å²) < 4.78 is 5.58.